The molecule has 2 aromatic rings. The lowest BCUT2D eigenvalue weighted by atomic mass is 9.99. The Morgan fingerprint density at radius 1 is 1.35 bits per heavy atom. The zero-order chi connectivity index (χ0) is 12.4. The van der Waals surface area contributed by atoms with E-state index in [1.54, 1.807) is 18.2 Å². The molecule has 0 unspecified atom stereocenters. The molecule has 0 aliphatic carbocycles. The monoisotopic (exact) mass is 249 g/mol. The molecule has 0 radical (unpaired) electrons. The first-order chi connectivity index (χ1) is 8.17. The summed E-state index contributed by atoms with van der Waals surface area (Å²) in [7, 11) is 0. The number of fused-ring (bicyclic) bond motifs is 1. The van der Waals surface area contributed by atoms with E-state index < -0.39 is 0 Å². The molecular formula is C13H12ClNO2. The number of aromatic amines is 1. The van der Waals surface area contributed by atoms with E-state index in [1.807, 2.05) is 6.92 Å². The fraction of sp³-hybridized carbons (Fsp3) is 0.231. The maximum Gasteiger partial charge on any atom is 0.251 e. The number of halogens is 1. The number of H-pyrrole nitrogens is 1. The Balaban J connectivity index is 2.88. The Morgan fingerprint density at radius 2 is 2.12 bits per heavy atom. The fourth-order valence-electron chi connectivity index (χ4n) is 2.06. The summed E-state index contributed by atoms with van der Waals surface area (Å²) in [5.74, 6) is 0. The lowest BCUT2D eigenvalue weighted by molar-refractivity contribution is -0.107. The molecule has 4 heteroatoms. The summed E-state index contributed by atoms with van der Waals surface area (Å²) in [6.07, 6.45) is 1.65. The Labute approximate surface area is 103 Å². The first-order valence-corrected chi connectivity index (χ1v) is 5.82. The minimum atomic E-state index is -0.126. The van der Waals surface area contributed by atoms with Crippen molar-refractivity contribution in [1.29, 1.82) is 0 Å². The van der Waals surface area contributed by atoms with E-state index in [-0.39, 0.29) is 12.0 Å². The Hall–Kier alpha value is -1.61. The van der Waals surface area contributed by atoms with Crippen LogP contribution in [0.4, 0.5) is 0 Å². The number of aldehydes is 1. The van der Waals surface area contributed by atoms with Gasteiger partial charge in [-0.15, -0.1) is 0 Å². The van der Waals surface area contributed by atoms with Crippen molar-refractivity contribution in [3.05, 3.63) is 44.7 Å². The van der Waals surface area contributed by atoms with Gasteiger partial charge in [-0.3, -0.25) is 4.79 Å². The first kappa shape index (κ1) is 11.9. The second kappa shape index (κ2) is 4.72. The zero-order valence-electron chi connectivity index (χ0n) is 9.42. The smallest absolute Gasteiger partial charge is 0.251 e. The van der Waals surface area contributed by atoms with Gasteiger partial charge in [-0.2, -0.15) is 0 Å². The van der Waals surface area contributed by atoms with Crippen LogP contribution in [0.1, 0.15) is 18.1 Å². The van der Waals surface area contributed by atoms with E-state index in [0.29, 0.717) is 22.5 Å². The lowest BCUT2D eigenvalue weighted by Crippen LogP contribution is -2.16. The van der Waals surface area contributed by atoms with Crippen molar-refractivity contribution in [2.24, 2.45) is 0 Å². The van der Waals surface area contributed by atoms with Gasteiger partial charge in [-0.1, -0.05) is 18.5 Å². The van der Waals surface area contributed by atoms with E-state index in [9.17, 15) is 9.59 Å². The molecule has 1 aromatic heterocycles. The molecule has 0 amide bonds. The van der Waals surface area contributed by atoms with Gasteiger partial charge in [0.15, 0.2) is 0 Å². The predicted octanol–water partition coefficient (Wildman–Crippen LogP) is 2.49. The van der Waals surface area contributed by atoms with Crippen molar-refractivity contribution in [3.63, 3.8) is 0 Å². The molecule has 17 heavy (non-hydrogen) atoms. The number of nitrogens with one attached hydrogen (secondary N) is 1. The molecule has 88 valence electrons. The third-order valence-electron chi connectivity index (χ3n) is 2.83. The number of carbonyl (C=O) groups is 1. The van der Waals surface area contributed by atoms with Gasteiger partial charge in [0.05, 0.1) is 0 Å². The van der Waals surface area contributed by atoms with Gasteiger partial charge >= 0.3 is 0 Å². The fourth-order valence-corrected chi connectivity index (χ4v) is 2.24. The molecule has 2 rings (SSSR count). The van der Waals surface area contributed by atoms with E-state index in [1.165, 1.54) is 0 Å². The van der Waals surface area contributed by atoms with Crippen molar-refractivity contribution in [2.75, 3.05) is 0 Å². The molecule has 0 aliphatic rings. The topological polar surface area (TPSA) is 49.9 Å². The zero-order valence-corrected chi connectivity index (χ0v) is 10.2. The van der Waals surface area contributed by atoms with Crippen molar-refractivity contribution in [3.8, 4) is 0 Å². The van der Waals surface area contributed by atoms with Crippen LogP contribution in [0.3, 0.4) is 0 Å². The van der Waals surface area contributed by atoms with Crippen LogP contribution in [0.25, 0.3) is 10.9 Å². The highest BCUT2D eigenvalue weighted by molar-refractivity contribution is 6.31. The molecule has 1 N–H and O–H groups in total. The molecule has 0 atom stereocenters. The van der Waals surface area contributed by atoms with E-state index in [0.717, 1.165) is 17.2 Å². The molecule has 3 nitrogen and oxygen atoms in total. The first-order valence-electron chi connectivity index (χ1n) is 5.44. The number of carbonyl (C=O) groups excluding carboxylic acids is 1. The highest BCUT2D eigenvalue weighted by Gasteiger charge is 2.10. The molecule has 1 aromatic carbocycles. The van der Waals surface area contributed by atoms with Crippen LogP contribution in [0.2, 0.25) is 5.02 Å². The van der Waals surface area contributed by atoms with Gasteiger partial charge in [-0.05, 0) is 30.2 Å². The summed E-state index contributed by atoms with van der Waals surface area (Å²) in [6, 6.07) is 5.26. The average molecular weight is 250 g/mol. The van der Waals surface area contributed by atoms with Crippen LogP contribution < -0.4 is 5.56 Å². The highest BCUT2D eigenvalue weighted by Crippen LogP contribution is 2.22. The lowest BCUT2D eigenvalue weighted by Gasteiger charge is -2.09. The summed E-state index contributed by atoms with van der Waals surface area (Å²) >= 11 is 5.95. The summed E-state index contributed by atoms with van der Waals surface area (Å²) < 4.78 is 0. The third kappa shape index (κ3) is 2.11. The van der Waals surface area contributed by atoms with Crippen LogP contribution in [-0.4, -0.2) is 11.3 Å². The maximum absolute atomic E-state index is 11.8. The second-order valence-electron chi connectivity index (χ2n) is 3.83. The van der Waals surface area contributed by atoms with Crippen molar-refractivity contribution < 1.29 is 4.79 Å². The number of pyridine rings is 1. The van der Waals surface area contributed by atoms with Crippen LogP contribution in [0, 0.1) is 0 Å². The minimum Gasteiger partial charge on any atom is -0.322 e. The van der Waals surface area contributed by atoms with Gasteiger partial charge in [-0.25, -0.2) is 0 Å². The summed E-state index contributed by atoms with van der Waals surface area (Å²) in [5.41, 5.74) is 2.03. The number of hydrogen-bond acceptors (Lipinski definition) is 2. The number of rotatable bonds is 3. The summed E-state index contributed by atoms with van der Waals surface area (Å²) in [5, 5.41) is 1.44. The predicted molar refractivity (Wildman–Crippen MR) is 68.7 cm³/mol. The Morgan fingerprint density at radius 3 is 2.76 bits per heavy atom. The highest BCUT2D eigenvalue weighted by atomic mass is 35.5. The SMILES string of the molecule is CCc1c(CC=O)c2cc(Cl)ccc2[nH]c1=O. The normalized spacial score (nSPS) is 10.7. The molecule has 0 saturated carbocycles. The van der Waals surface area contributed by atoms with Gasteiger partial charge in [0.1, 0.15) is 6.29 Å². The van der Waals surface area contributed by atoms with Crippen LogP contribution in [0.5, 0.6) is 0 Å². The van der Waals surface area contributed by atoms with Crippen LogP contribution in [0.15, 0.2) is 23.0 Å². The van der Waals surface area contributed by atoms with Gasteiger partial charge < -0.3 is 9.78 Å². The molecule has 0 fully saturated rings. The largest absolute Gasteiger partial charge is 0.322 e. The van der Waals surface area contributed by atoms with Crippen molar-refractivity contribution >= 4 is 28.8 Å². The minimum absolute atomic E-state index is 0.126. The van der Waals surface area contributed by atoms with E-state index in [4.69, 9.17) is 11.6 Å². The summed E-state index contributed by atoms with van der Waals surface area (Å²) in [6.45, 7) is 1.90. The van der Waals surface area contributed by atoms with Crippen molar-refractivity contribution in [2.45, 2.75) is 19.8 Å². The summed E-state index contributed by atoms with van der Waals surface area (Å²) in [4.78, 5) is 25.4. The second-order valence-corrected chi connectivity index (χ2v) is 4.26. The quantitative estimate of drug-likeness (QED) is 0.850. The van der Waals surface area contributed by atoms with E-state index >= 15 is 0 Å². The molecule has 0 bridgehead atoms. The molecular weight excluding hydrogens is 238 g/mol. The van der Waals surface area contributed by atoms with Gasteiger partial charge in [0, 0.05) is 27.9 Å². The molecule has 0 aliphatic heterocycles. The van der Waals surface area contributed by atoms with E-state index in [2.05, 4.69) is 4.98 Å². The molecule has 1 heterocycles. The van der Waals surface area contributed by atoms with Crippen LogP contribution in [-0.2, 0) is 17.6 Å². The number of aromatic nitrogens is 1. The third-order valence-corrected chi connectivity index (χ3v) is 3.07. The number of benzene rings is 1. The molecule has 0 spiro atoms. The Kier molecular flexibility index (Phi) is 3.29. The van der Waals surface area contributed by atoms with Crippen LogP contribution >= 0.6 is 11.6 Å². The number of hydrogen-bond donors (Lipinski definition) is 1. The van der Waals surface area contributed by atoms with Gasteiger partial charge in [0.2, 0.25) is 0 Å². The van der Waals surface area contributed by atoms with Gasteiger partial charge in [0.25, 0.3) is 5.56 Å². The average Bonchev–Trinajstić information content (AvgIpc) is 2.30. The Bertz CT molecular complexity index is 631. The maximum atomic E-state index is 11.8. The van der Waals surface area contributed by atoms with Crippen molar-refractivity contribution in [1.82, 2.24) is 4.98 Å². The molecule has 0 saturated heterocycles. The standard InChI is InChI=1S/C13H12ClNO2/c1-2-9-10(5-6-16)11-7-8(14)3-4-12(11)15-13(9)17/h3-4,6-7H,2,5H2,1H3,(H,15,17).